The summed E-state index contributed by atoms with van der Waals surface area (Å²) in [6.07, 6.45) is 3.17. The Morgan fingerprint density at radius 1 is 1.45 bits per heavy atom. The van der Waals surface area contributed by atoms with E-state index in [9.17, 15) is 14.7 Å². The minimum atomic E-state index is -0.814. The van der Waals surface area contributed by atoms with Crippen LogP contribution in [0, 0.1) is 0 Å². The maximum Gasteiger partial charge on any atom is 0.329 e. The molecule has 0 atom stereocenters. The number of halogens is 1. The van der Waals surface area contributed by atoms with Crippen molar-refractivity contribution in [3.63, 3.8) is 0 Å². The summed E-state index contributed by atoms with van der Waals surface area (Å²) >= 11 is 3.20. The smallest absolute Gasteiger partial charge is 0.329 e. The fourth-order valence-electron chi connectivity index (χ4n) is 1.63. The highest BCUT2D eigenvalue weighted by atomic mass is 79.9. The summed E-state index contributed by atoms with van der Waals surface area (Å²) in [5.41, 5.74) is 2.74. The van der Waals surface area contributed by atoms with Gasteiger partial charge in [-0.2, -0.15) is 5.10 Å². The van der Waals surface area contributed by atoms with Gasteiger partial charge >= 0.3 is 11.8 Å². The van der Waals surface area contributed by atoms with Crippen LogP contribution in [0.25, 0.3) is 0 Å². The highest BCUT2D eigenvalue weighted by Crippen LogP contribution is 2.34. The lowest BCUT2D eigenvalue weighted by atomic mass is 10.2. The summed E-state index contributed by atoms with van der Waals surface area (Å²) in [4.78, 5) is 22.9. The van der Waals surface area contributed by atoms with E-state index < -0.39 is 11.8 Å². The number of benzene rings is 1. The number of hydrazone groups is 1. The van der Waals surface area contributed by atoms with Gasteiger partial charge in [-0.15, -0.1) is 0 Å². The zero-order valence-electron chi connectivity index (χ0n) is 11.9. The SMILES string of the molecule is CCOc1cc(C=NNC(=O)C(=O)NC2CC2)cc(Br)c1O. The molecule has 0 aliphatic heterocycles. The first kappa shape index (κ1) is 16.3. The molecule has 1 aromatic rings. The second-order valence-corrected chi connectivity index (χ2v) is 5.58. The monoisotopic (exact) mass is 369 g/mol. The zero-order valence-corrected chi connectivity index (χ0v) is 13.5. The van der Waals surface area contributed by atoms with E-state index in [-0.39, 0.29) is 11.8 Å². The zero-order chi connectivity index (χ0) is 16.1. The molecule has 1 saturated carbocycles. The fraction of sp³-hybridized carbons (Fsp3) is 0.357. The molecule has 1 fully saturated rings. The quantitative estimate of drug-likeness (QED) is 0.413. The number of ether oxygens (including phenoxy) is 1. The van der Waals surface area contributed by atoms with E-state index in [2.05, 4.69) is 31.8 Å². The molecule has 0 spiro atoms. The van der Waals surface area contributed by atoms with Crippen LogP contribution in [0.15, 0.2) is 21.7 Å². The molecule has 0 aromatic heterocycles. The molecule has 2 rings (SSSR count). The molecule has 2 amide bonds. The van der Waals surface area contributed by atoms with Crippen molar-refractivity contribution in [3.8, 4) is 11.5 Å². The van der Waals surface area contributed by atoms with E-state index in [1.807, 2.05) is 0 Å². The third-order valence-corrected chi connectivity index (χ3v) is 3.45. The van der Waals surface area contributed by atoms with E-state index in [1.54, 1.807) is 19.1 Å². The standard InChI is InChI=1S/C14H16BrN3O4/c1-2-22-11-6-8(5-10(15)12(11)19)7-16-18-14(21)13(20)17-9-3-4-9/h5-7,9,19H,2-4H2,1H3,(H,17,20)(H,18,21). The van der Waals surface area contributed by atoms with Crippen molar-refractivity contribution >= 4 is 34.0 Å². The van der Waals surface area contributed by atoms with Gasteiger partial charge in [-0.05, 0) is 53.4 Å². The first-order valence-electron chi connectivity index (χ1n) is 6.80. The van der Waals surface area contributed by atoms with E-state index in [0.29, 0.717) is 22.4 Å². The maximum atomic E-state index is 11.5. The Kier molecular flexibility index (Phi) is 5.37. The molecule has 1 aromatic carbocycles. The summed E-state index contributed by atoms with van der Waals surface area (Å²) in [6.45, 7) is 2.20. The summed E-state index contributed by atoms with van der Waals surface area (Å²) in [5, 5.41) is 16.1. The average Bonchev–Trinajstić information content (AvgIpc) is 3.28. The van der Waals surface area contributed by atoms with Crippen molar-refractivity contribution in [3.05, 3.63) is 22.2 Å². The Bertz CT molecular complexity index is 614. The van der Waals surface area contributed by atoms with Crippen LogP contribution in [-0.2, 0) is 9.59 Å². The first-order chi connectivity index (χ1) is 10.5. The molecule has 0 heterocycles. The number of phenols is 1. The Morgan fingerprint density at radius 2 is 2.18 bits per heavy atom. The van der Waals surface area contributed by atoms with E-state index >= 15 is 0 Å². The van der Waals surface area contributed by atoms with Crippen LogP contribution in [0.5, 0.6) is 11.5 Å². The van der Waals surface area contributed by atoms with Crippen LogP contribution in [0.1, 0.15) is 25.3 Å². The summed E-state index contributed by atoms with van der Waals surface area (Å²) in [6, 6.07) is 3.30. The molecule has 0 saturated heterocycles. The number of aromatic hydroxyl groups is 1. The van der Waals surface area contributed by atoms with Gasteiger partial charge in [0.05, 0.1) is 17.3 Å². The van der Waals surface area contributed by atoms with Crippen molar-refractivity contribution in [2.75, 3.05) is 6.61 Å². The summed E-state index contributed by atoms with van der Waals surface area (Å²) in [5.74, 6) is -1.21. The van der Waals surface area contributed by atoms with E-state index in [1.165, 1.54) is 6.21 Å². The first-order valence-corrected chi connectivity index (χ1v) is 7.59. The van der Waals surface area contributed by atoms with Gasteiger partial charge in [-0.3, -0.25) is 9.59 Å². The van der Waals surface area contributed by atoms with Gasteiger partial charge in [-0.1, -0.05) is 0 Å². The number of phenolic OH excluding ortho intramolecular Hbond substituents is 1. The number of hydrogen-bond donors (Lipinski definition) is 3. The van der Waals surface area contributed by atoms with Crippen LogP contribution >= 0.6 is 15.9 Å². The summed E-state index contributed by atoms with van der Waals surface area (Å²) in [7, 11) is 0. The Balaban J connectivity index is 1.97. The van der Waals surface area contributed by atoms with Gasteiger partial charge in [-0.25, -0.2) is 5.43 Å². The number of carbonyl (C=O) groups is 2. The van der Waals surface area contributed by atoms with Crippen LogP contribution < -0.4 is 15.5 Å². The lowest BCUT2D eigenvalue weighted by molar-refractivity contribution is -0.139. The fourth-order valence-corrected chi connectivity index (χ4v) is 2.09. The highest BCUT2D eigenvalue weighted by molar-refractivity contribution is 9.10. The molecule has 8 heteroatoms. The third kappa shape index (κ3) is 4.45. The molecular weight excluding hydrogens is 354 g/mol. The second-order valence-electron chi connectivity index (χ2n) is 4.73. The molecule has 7 nitrogen and oxygen atoms in total. The van der Waals surface area contributed by atoms with Crippen molar-refractivity contribution in [1.82, 2.24) is 10.7 Å². The predicted octanol–water partition coefficient (Wildman–Crippen LogP) is 1.28. The highest BCUT2D eigenvalue weighted by Gasteiger charge is 2.26. The predicted molar refractivity (Wildman–Crippen MR) is 83.9 cm³/mol. The topological polar surface area (TPSA) is 100 Å². The van der Waals surface area contributed by atoms with Crippen LogP contribution in [-0.4, -0.2) is 35.8 Å². The van der Waals surface area contributed by atoms with Crippen LogP contribution in [0.2, 0.25) is 0 Å². The average molecular weight is 370 g/mol. The Hall–Kier alpha value is -2.09. The van der Waals surface area contributed by atoms with Crippen molar-refractivity contribution in [1.29, 1.82) is 0 Å². The normalized spacial score (nSPS) is 13.9. The lowest BCUT2D eigenvalue weighted by Crippen LogP contribution is -2.38. The van der Waals surface area contributed by atoms with Gasteiger partial charge in [0.25, 0.3) is 0 Å². The van der Waals surface area contributed by atoms with Gasteiger partial charge in [0.2, 0.25) is 0 Å². The van der Waals surface area contributed by atoms with E-state index in [0.717, 1.165) is 12.8 Å². The molecule has 1 aliphatic rings. The number of carbonyl (C=O) groups excluding carboxylic acids is 2. The van der Waals surface area contributed by atoms with Gasteiger partial charge in [0, 0.05) is 6.04 Å². The number of nitrogens with one attached hydrogen (secondary N) is 2. The molecule has 0 radical (unpaired) electrons. The number of hydrogen-bond acceptors (Lipinski definition) is 5. The van der Waals surface area contributed by atoms with Crippen molar-refractivity contribution in [2.45, 2.75) is 25.8 Å². The Morgan fingerprint density at radius 3 is 2.82 bits per heavy atom. The van der Waals surface area contributed by atoms with Gasteiger partial charge < -0.3 is 15.2 Å². The second kappa shape index (κ2) is 7.26. The minimum absolute atomic E-state index is 0.00755. The molecule has 3 N–H and O–H groups in total. The lowest BCUT2D eigenvalue weighted by Gasteiger charge is -2.08. The maximum absolute atomic E-state index is 11.5. The van der Waals surface area contributed by atoms with Crippen LogP contribution in [0.4, 0.5) is 0 Å². The van der Waals surface area contributed by atoms with Gasteiger partial charge in [0.1, 0.15) is 0 Å². The number of rotatable bonds is 5. The third-order valence-electron chi connectivity index (χ3n) is 2.85. The minimum Gasteiger partial charge on any atom is -0.503 e. The molecule has 118 valence electrons. The molecule has 22 heavy (non-hydrogen) atoms. The number of nitrogens with zero attached hydrogens (tertiary/aromatic N) is 1. The van der Waals surface area contributed by atoms with Crippen LogP contribution in [0.3, 0.4) is 0 Å². The van der Waals surface area contributed by atoms with Gasteiger partial charge in [0.15, 0.2) is 11.5 Å². The number of amides is 2. The largest absolute Gasteiger partial charge is 0.503 e. The molecule has 0 bridgehead atoms. The molecular formula is C14H16BrN3O4. The molecule has 1 aliphatic carbocycles. The molecule has 0 unspecified atom stereocenters. The Labute approximate surface area is 135 Å². The summed E-state index contributed by atoms with van der Waals surface area (Å²) < 4.78 is 5.72. The van der Waals surface area contributed by atoms with E-state index in [4.69, 9.17) is 4.74 Å². The van der Waals surface area contributed by atoms with Crippen molar-refractivity contribution in [2.24, 2.45) is 5.10 Å². The van der Waals surface area contributed by atoms with Crippen molar-refractivity contribution < 1.29 is 19.4 Å².